The largest absolute Gasteiger partial charge is 0.433 e. The molecular weight excluding hydrogens is 333 g/mol. The molecule has 130 valence electrons. The molecule has 0 radical (unpaired) electrons. The lowest BCUT2D eigenvalue weighted by Crippen LogP contribution is -2.31. The Morgan fingerprint density at radius 3 is 2.32 bits per heavy atom. The molecule has 0 amide bonds. The van der Waals surface area contributed by atoms with Gasteiger partial charge in [-0.3, -0.25) is 0 Å². The van der Waals surface area contributed by atoms with Gasteiger partial charge in [-0.2, -0.15) is 18.4 Å². The summed E-state index contributed by atoms with van der Waals surface area (Å²) in [5.41, 5.74) is 0.0392. The van der Waals surface area contributed by atoms with Crippen molar-refractivity contribution in [1.29, 1.82) is 5.26 Å². The highest BCUT2D eigenvalue weighted by atomic mass is 19.4. The minimum Gasteiger partial charge on any atom is -0.368 e. The number of aromatic nitrogens is 3. The topological polar surface area (TPSA) is 68.9 Å². The van der Waals surface area contributed by atoms with Crippen LogP contribution in [0.25, 0.3) is 0 Å². The van der Waals surface area contributed by atoms with E-state index in [-0.39, 0.29) is 5.69 Å². The molecule has 1 fully saturated rings. The number of pyridine rings is 1. The summed E-state index contributed by atoms with van der Waals surface area (Å²) in [7, 11) is 0. The lowest BCUT2D eigenvalue weighted by atomic mass is 10.3. The fraction of sp³-hybridized carbons (Fsp3) is 0.375. The number of hydrogen-bond donors (Lipinski definition) is 0. The lowest BCUT2D eigenvalue weighted by molar-refractivity contribution is -0.141. The molecule has 9 heteroatoms. The Labute approximate surface area is 142 Å². The SMILES string of the molecule is N#Cc1ccc(N2CCCN(c3ccc(C(F)(F)F)nc3)CC2)nn1. The molecule has 0 saturated carbocycles. The Kier molecular flexibility index (Phi) is 4.70. The molecule has 0 atom stereocenters. The quantitative estimate of drug-likeness (QED) is 0.831. The van der Waals surface area contributed by atoms with E-state index >= 15 is 0 Å². The third-order valence-corrected chi connectivity index (χ3v) is 3.99. The highest BCUT2D eigenvalue weighted by Crippen LogP contribution is 2.28. The van der Waals surface area contributed by atoms with Gasteiger partial charge in [0.25, 0.3) is 0 Å². The molecule has 2 aromatic heterocycles. The second-order valence-electron chi connectivity index (χ2n) is 5.62. The molecule has 0 N–H and O–H groups in total. The fourth-order valence-corrected chi connectivity index (χ4v) is 2.70. The van der Waals surface area contributed by atoms with Gasteiger partial charge < -0.3 is 9.80 Å². The lowest BCUT2D eigenvalue weighted by Gasteiger charge is -2.24. The number of halogens is 3. The second-order valence-corrected chi connectivity index (χ2v) is 5.62. The van der Waals surface area contributed by atoms with Crippen molar-refractivity contribution in [3.8, 4) is 6.07 Å². The standard InChI is InChI=1S/C16H15F3N6/c17-16(18,19)14-4-3-13(11-21-14)24-6-1-7-25(9-8-24)15-5-2-12(10-20)22-23-15/h2-5,11H,1,6-9H2. The van der Waals surface area contributed by atoms with E-state index in [1.54, 1.807) is 12.1 Å². The first-order valence-corrected chi connectivity index (χ1v) is 7.74. The van der Waals surface area contributed by atoms with Gasteiger partial charge in [-0.1, -0.05) is 0 Å². The fourth-order valence-electron chi connectivity index (χ4n) is 2.70. The van der Waals surface area contributed by atoms with Crippen LogP contribution in [0.2, 0.25) is 0 Å². The van der Waals surface area contributed by atoms with Crippen molar-refractivity contribution in [2.75, 3.05) is 36.0 Å². The van der Waals surface area contributed by atoms with Crippen molar-refractivity contribution in [3.63, 3.8) is 0 Å². The van der Waals surface area contributed by atoms with Crippen molar-refractivity contribution < 1.29 is 13.2 Å². The maximum Gasteiger partial charge on any atom is 0.433 e. The Morgan fingerprint density at radius 2 is 1.72 bits per heavy atom. The summed E-state index contributed by atoms with van der Waals surface area (Å²) in [4.78, 5) is 7.57. The van der Waals surface area contributed by atoms with Crippen LogP contribution in [-0.2, 0) is 6.18 Å². The van der Waals surface area contributed by atoms with Crippen LogP contribution in [0, 0.1) is 11.3 Å². The van der Waals surface area contributed by atoms with Crippen LogP contribution in [0.1, 0.15) is 17.8 Å². The van der Waals surface area contributed by atoms with Crippen LogP contribution in [0.15, 0.2) is 30.5 Å². The number of nitriles is 1. The monoisotopic (exact) mass is 348 g/mol. The molecule has 6 nitrogen and oxygen atoms in total. The molecule has 0 bridgehead atoms. The zero-order valence-electron chi connectivity index (χ0n) is 13.2. The summed E-state index contributed by atoms with van der Waals surface area (Å²) >= 11 is 0. The van der Waals surface area contributed by atoms with Gasteiger partial charge in [-0.15, -0.1) is 10.2 Å². The predicted molar refractivity (Wildman–Crippen MR) is 85.0 cm³/mol. The average Bonchev–Trinajstić information content (AvgIpc) is 2.87. The van der Waals surface area contributed by atoms with Crippen molar-refractivity contribution in [2.24, 2.45) is 0 Å². The molecule has 3 heterocycles. The Morgan fingerprint density at radius 1 is 0.960 bits per heavy atom. The maximum atomic E-state index is 12.6. The van der Waals surface area contributed by atoms with Gasteiger partial charge in [0, 0.05) is 26.2 Å². The summed E-state index contributed by atoms with van der Waals surface area (Å²) in [6.45, 7) is 2.76. The van der Waals surface area contributed by atoms with Crippen LogP contribution in [0.5, 0.6) is 0 Å². The number of hydrogen-bond acceptors (Lipinski definition) is 6. The summed E-state index contributed by atoms with van der Waals surface area (Å²) in [6.07, 6.45) is -2.34. The van der Waals surface area contributed by atoms with E-state index in [0.29, 0.717) is 31.1 Å². The smallest absolute Gasteiger partial charge is 0.368 e. The first-order chi connectivity index (χ1) is 12.0. The first-order valence-electron chi connectivity index (χ1n) is 7.74. The van der Waals surface area contributed by atoms with E-state index in [2.05, 4.69) is 15.2 Å². The third kappa shape index (κ3) is 3.96. The van der Waals surface area contributed by atoms with Gasteiger partial charge in [0.1, 0.15) is 11.8 Å². The Balaban J connectivity index is 1.68. The Bertz CT molecular complexity index is 751. The molecule has 25 heavy (non-hydrogen) atoms. The highest BCUT2D eigenvalue weighted by molar-refractivity contribution is 5.47. The van der Waals surface area contributed by atoms with Gasteiger partial charge >= 0.3 is 6.18 Å². The zero-order chi connectivity index (χ0) is 17.9. The molecule has 3 rings (SSSR count). The van der Waals surface area contributed by atoms with Gasteiger partial charge in [0.15, 0.2) is 11.5 Å². The van der Waals surface area contributed by atoms with E-state index < -0.39 is 11.9 Å². The van der Waals surface area contributed by atoms with E-state index in [9.17, 15) is 13.2 Å². The van der Waals surface area contributed by atoms with Crippen LogP contribution in [0.4, 0.5) is 24.7 Å². The number of nitrogens with zero attached hydrogens (tertiary/aromatic N) is 6. The molecule has 0 aliphatic carbocycles. The Hall–Kier alpha value is -2.89. The van der Waals surface area contributed by atoms with Crippen molar-refractivity contribution in [1.82, 2.24) is 15.2 Å². The van der Waals surface area contributed by atoms with Crippen LogP contribution >= 0.6 is 0 Å². The third-order valence-electron chi connectivity index (χ3n) is 3.99. The summed E-state index contributed by atoms with van der Waals surface area (Å²) in [5.74, 6) is 0.686. The van der Waals surface area contributed by atoms with Crippen molar-refractivity contribution in [2.45, 2.75) is 12.6 Å². The van der Waals surface area contributed by atoms with E-state index in [4.69, 9.17) is 5.26 Å². The molecule has 0 aromatic carbocycles. The van der Waals surface area contributed by atoms with Crippen LogP contribution < -0.4 is 9.80 Å². The van der Waals surface area contributed by atoms with Crippen LogP contribution in [-0.4, -0.2) is 41.4 Å². The molecule has 1 aliphatic rings. The van der Waals surface area contributed by atoms with Gasteiger partial charge in [-0.05, 0) is 30.7 Å². The van der Waals surface area contributed by atoms with Crippen molar-refractivity contribution in [3.05, 3.63) is 41.9 Å². The van der Waals surface area contributed by atoms with E-state index in [0.717, 1.165) is 19.0 Å². The highest BCUT2D eigenvalue weighted by Gasteiger charge is 2.32. The molecule has 2 aromatic rings. The number of alkyl halides is 3. The van der Waals surface area contributed by atoms with Crippen molar-refractivity contribution >= 4 is 11.5 Å². The molecule has 0 spiro atoms. The molecular formula is C16H15F3N6. The first kappa shape index (κ1) is 17.0. The summed E-state index contributed by atoms with van der Waals surface area (Å²) in [5, 5.41) is 16.6. The van der Waals surface area contributed by atoms with Gasteiger partial charge in [-0.25, -0.2) is 4.98 Å². The molecule has 1 saturated heterocycles. The van der Waals surface area contributed by atoms with E-state index in [1.165, 1.54) is 12.3 Å². The minimum atomic E-state index is -4.43. The normalized spacial score (nSPS) is 15.6. The molecule has 0 unspecified atom stereocenters. The number of anilines is 2. The maximum absolute atomic E-state index is 12.6. The van der Waals surface area contributed by atoms with Crippen LogP contribution in [0.3, 0.4) is 0 Å². The minimum absolute atomic E-state index is 0.260. The predicted octanol–water partition coefficient (Wildman–Crippen LogP) is 2.48. The summed E-state index contributed by atoms with van der Waals surface area (Å²) < 4.78 is 37.8. The van der Waals surface area contributed by atoms with E-state index in [1.807, 2.05) is 15.9 Å². The molecule has 1 aliphatic heterocycles. The van der Waals surface area contributed by atoms with Gasteiger partial charge in [0.2, 0.25) is 0 Å². The second kappa shape index (κ2) is 6.93. The zero-order valence-corrected chi connectivity index (χ0v) is 13.2. The average molecular weight is 348 g/mol. The number of rotatable bonds is 2. The summed E-state index contributed by atoms with van der Waals surface area (Å²) in [6, 6.07) is 7.75. The van der Waals surface area contributed by atoms with Gasteiger partial charge in [0.05, 0.1) is 11.9 Å².